The van der Waals surface area contributed by atoms with E-state index in [1.165, 1.54) is 0 Å². The predicted octanol–water partition coefficient (Wildman–Crippen LogP) is 3.68. The molecule has 5 nitrogen and oxygen atoms in total. The van der Waals surface area contributed by atoms with Crippen LogP contribution in [0.2, 0.25) is 0 Å². The SMILES string of the molecule is Cc1cc(C)c(C(=O)COC(=O)[C@H](C)Oc2ccc(C#N)cc2)c(C)c1. The third-order valence-corrected chi connectivity index (χ3v) is 3.93. The maximum Gasteiger partial charge on any atom is 0.347 e. The molecule has 0 aliphatic rings. The van der Waals surface area contributed by atoms with Crippen LogP contribution in [0.5, 0.6) is 5.75 Å². The van der Waals surface area contributed by atoms with Gasteiger partial charge in [0.05, 0.1) is 11.6 Å². The minimum Gasteiger partial charge on any atom is -0.479 e. The number of ketones is 1. The van der Waals surface area contributed by atoms with Gasteiger partial charge in [-0.1, -0.05) is 17.7 Å². The number of hydrogen-bond donors (Lipinski definition) is 0. The van der Waals surface area contributed by atoms with E-state index in [0.29, 0.717) is 16.9 Å². The van der Waals surface area contributed by atoms with Gasteiger partial charge in [-0.25, -0.2) is 4.79 Å². The highest BCUT2D eigenvalue weighted by Gasteiger charge is 2.20. The molecule has 0 aliphatic heterocycles. The van der Waals surface area contributed by atoms with Crippen molar-refractivity contribution in [2.45, 2.75) is 33.8 Å². The fourth-order valence-electron chi connectivity index (χ4n) is 2.81. The fraction of sp³-hybridized carbons (Fsp3) is 0.286. The molecule has 2 aromatic carbocycles. The van der Waals surface area contributed by atoms with Crippen molar-refractivity contribution in [1.82, 2.24) is 0 Å². The molecule has 2 aromatic rings. The average molecular weight is 351 g/mol. The second-order valence-corrected chi connectivity index (χ2v) is 6.20. The molecular weight excluding hydrogens is 330 g/mol. The van der Waals surface area contributed by atoms with Crippen molar-refractivity contribution in [3.63, 3.8) is 0 Å². The Morgan fingerprint density at radius 1 is 1.08 bits per heavy atom. The molecule has 5 heteroatoms. The van der Waals surface area contributed by atoms with Crippen LogP contribution < -0.4 is 4.74 Å². The molecule has 0 aliphatic carbocycles. The maximum absolute atomic E-state index is 12.4. The highest BCUT2D eigenvalue weighted by Crippen LogP contribution is 2.18. The zero-order chi connectivity index (χ0) is 19.3. The van der Waals surface area contributed by atoms with E-state index < -0.39 is 12.1 Å². The summed E-state index contributed by atoms with van der Waals surface area (Å²) in [4.78, 5) is 24.5. The van der Waals surface area contributed by atoms with Crippen molar-refractivity contribution >= 4 is 11.8 Å². The van der Waals surface area contributed by atoms with Crippen molar-refractivity contribution in [2.24, 2.45) is 0 Å². The Kier molecular flexibility index (Phi) is 6.13. The Balaban J connectivity index is 1.95. The number of rotatable bonds is 6. The van der Waals surface area contributed by atoms with Crippen LogP contribution in [0.3, 0.4) is 0 Å². The third kappa shape index (κ3) is 4.70. The minimum absolute atomic E-state index is 0.237. The van der Waals surface area contributed by atoms with Gasteiger partial charge in [0.15, 0.2) is 12.7 Å². The van der Waals surface area contributed by atoms with E-state index >= 15 is 0 Å². The molecule has 0 radical (unpaired) electrons. The summed E-state index contributed by atoms with van der Waals surface area (Å²) in [5.74, 6) is -0.408. The van der Waals surface area contributed by atoms with Crippen LogP contribution in [-0.2, 0) is 9.53 Å². The fourth-order valence-corrected chi connectivity index (χ4v) is 2.81. The first-order valence-corrected chi connectivity index (χ1v) is 8.26. The normalized spacial score (nSPS) is 11.3. The molecule has 0 saturated carbocycles. The Bertz CT molecular complexity index is 840. The molecule has 0 aromatic heterocycles. The van der Waals surface area contributed by atoms with E-state index in [1.54, 1.807) is 31.2 Å². The van der Waals surface area contributed by atoms with Gasteiger partial charge in [0, 0.05) is 5.56 Å². The monoisotopic (exact) mass is 351 g/mol. The Morgan fingerprint density at radius 2 is 1.65 bits per heavy atom. The van der Waals surface area contributed by atoms with E-state index in [4.69, 9.17) is 14.7 Å². The molecule has 0 bridgehead atoms. The molecule has 0 N–H and O–H groups in total. The van der Waals surface area contributed by atoms with Gasteiger partial charge >= 0.3 is 5.97 Å². The van der Waals surface area contributed by atoms with Crippen LogP contribution >= 0.6 is 0 Å². The van der Waals surface area contributed by atoms with Gasteiger partial charge in [0.2, 0.25) is 5.78 Å². The molecule has 0 fully saturated rings. The van der Waals surface area contributed by atoms with Gasteiger partial charge in [0.1, 0.15) is 5.75 Å². The first-order chi connectivity index (χ1) is 12.3. The molecular formula is C21H21NO4. The number of carbonyl (C=O) groups is 2. The number of aryl methyl sites for hydroxylation is 3. The van der Waals surface area contributed by atoms with Crippen molar-refractivity contribution in [1.29, 1.82) is 5.26 Å². The van der Waals surface area contributed by atoms with E-state index in [-0.39, 0.29) is 12.4 Å². The summed E-state index contributed by atoms with van der Waals surface area (Å²) in [7, 11) is 0. The molecule has 0 unspecified atom stereocenters. The summed E-state index contributed by atoms with van der Waals surface area (Å²) < 4.78 is 10.6. The molecule has 2 rings (SSSR count). The molecule has 0 saturated heterocycles. The lowest BCUT2D eigenvalue weighted by molar-refractivity contribution is -0.149. The predicted molar refractivity (Wildman–Crippen MR) is 97.2 cm³/mol. The van der Waals surface area contributed by atoms with Crippen molar-refractivity contribution in [3.05, 3.63) is 64.2 Å². The van der Waals surface area contributed by atoms with Gasteiger partial charge in [0.25, 0.3) is 0 Å². The van der Waals surface area contributed by atoms with E-state index in [1.807, 2.05) is 39.0 Å². The van der Waals surface area contributed by atoms with E-state index in [9.17, 15) is 9.59 Å². The van der Waals surface area contributed by atoms with Crippen molar-refractivity contribution in [2.75, 3.05) is 6.61 Å². The number of carbonyl (C=O) groups excluding carboxylic acids is 2. The van der Waals surface area contributed by atoms with Gasteiger partial charge in [-0.2, -0.15) is 5.26 Å². The highest BCUT2D eigenvalue weighted by atomic mass is 16.6. The van der Waals surface area contributed by atoms with Crippen LogP contribution in [0, 0.1) is 32.1 Å². The first-order valence-electron chi connectivity index (χ1n) is 8.26. The lowest BCUT2D eigenvalue weighted by Crippen LogP contribution is -2.28. The largest absolute Gasteiger partial charge is 0.479 e. The molecule has 1 atom stereocenters. The van der Waals surface area contributed by atoms with Crippen LogP contribution in [0.4, 0.5) is 0 Å². The van der Waals surface area contributed by atoms with Gasteiger partial charge in [-0.15, -0.1) is 0 Å². The summed E-state index contributed by atoms with van der Waals surface area (Å²) in [6.45, 7) is 6.92. The topological polar surface area (TPSA) is 76.4 Å². The second kappa shape index (κ2) is 8.30. The summed E-state index contributed by atoms with van der Waals surface area (Å²) in [5, 5.41) is 8.77. The lowest BCUT2D eigenvalue weighted by atomic mass is 9.97. The molecule has 0 heterocycles. The van der Waals surface area contributed by atoms with E-state index in [0.717, 1.165) is 16.7 Å². The number of hydrogen-bond acceptors (Lipinski definition) is 5. The Morgan fingerprint density at radius 3 is 2.19 bits per heavy atom. The number of esters is 1. The average Bonchev–Trinajstić information content (AvgIpc) is 2.59. The van der Waals surface area contributed by atoms with E-state index in [2.05, 4.69) is 0 Å². The number of benzene rings is 2. The smallest absolute Gasteiger partial charge is 0.347 e. The summed E-state index contributed by atoms with van der Waals surface area (Å²) >= 11 is 0. The molecule has 0 amide bonds. The van der Waals surface area contributed by atoms with Crippen LogP contribution in [-0.4, -0.2) is 24.5 Å². The van der Waals surface area contributed by atoms with Crippen molar-refractivity contribution < 1.29 is 19.1 Å². The number of Topliss-reactive ketones (excluding diaryl/α,β-unsaturated/α-hetero) is 1. The number of nitrogens with zero attached hydrogens (tertiary/aromatic N) is 1. The van der Waals surface area contributed by atoms with Crippen LogP contribution in [0.15, 0.2) is 36.4 Å². The summed E-state index contributed by atoms with van der Waals surface area (Å²) in [6.07, 6.45) is -0.865. The standard InChI is InChI=1S/C21H21NO4/c1-13-9-14(2)20(15(3)10-13)19(23)12-25-21(24)16(4)26-18-7-5-17(11-22)6-8-18/h5-10,16H,12H2,1-4H3/t16-/m0/s1. The molecule has 0 spiro atoms. The quantitative estimate of drug-likeness (QED) is 0.586. The zero-order valence-corrected chi connectivity index (χ0v) is 15.3. The number of ether oxygens (including phenoxy) is 2. The summed E-state index contributed by atoms with van der Waals surface area (Å²) in [6, 6.07) is 12.3. The summed E-state index contributed by atoms with van der Waals surface area (Å²) in [5.41, 5.74) is 3.90. The van der Waals surface area contributed by atoms with Crippen LogP contribution in [0.25, 0.3) is 0 Å². The maximum atomic E-state index is 12.4. The van der Waals surface area contributed by atoms with Gasteiger partial charge < -0.3 is 9.47 Å². The number of nitriles is 1. The third-order valence-electron chi connectivity index (χ3n) is 3.93. The van der Waals surface area contributed by atoms with Crippen LogP contribution in [0.1, 0.15) is 39.5 Å². The van der Waals surface area contributed by atoms with Crippen molar-refractivity contribution in [3.8, 4) is 11.8 Å². The lowest BCUT2D eigenvalue weighted by Gasteiger charge is -2.15. The molecule has 26 heavy (non-hydrogen) atoms. The van der Waals surface area contributed by atoms with Gasteiger partial charge in [-0.05, 0) is 63.1 Å². The second-order valence-electron chi connectivity index (χ2n) is 6.20. The Hall–Kier alpha value is -3.13. The van der Waals surface area contributed by atoms with Gasteiger partial charge in [-0.3, -0.25) is 4.79 Å². The Labute approximate surface area is 153 Å². The minimum atomic E-state index is -0.865. The molecule has 134 valence electrons. The zero-order valence-electron chi connectivity index (χ0n) is 15.3. The first kappa shape index (κ1) is 19.2. The highest BCUT2D eigenvalue weighted by molar-refractivity contribution is 6.00.